The Bertz CT molecular complexity index is 950. The molecule has 0 bridgehead atoms. The molecule has 1 amide bonds. The SMILES string of the molecule is Cc1cc(C)cc(NC(=O)CN2CCN(S(=O)(=O)c3cccc(F)c3)CC2)c1. The van der Waals surface area contributed by atoms with E-state index in [1.807, 2.05) is 36.9 Å². The minimum atomic E-state index is -3.73. The van der Waals surface area contributed by atoms with Crippen molar-refractivity contribution in [1.29, 1.82) is 0 Å². The van der Waals surface area contributed by atoms with Crippen LogP contribution in [0.5, 0.6) is 0 Å². The predicted molar refractivity (Wildman–Crippen MR) is 106 cm³/mol. The molecule has 1 N–H and O–H groups in total. The van der Waals surface area contributed by atoms with Gasteiger partial charge in [0.05, 0.1) is 11.4 Å². The highest BCUT2D eigenvalue weighted by Crippen LogP contribution is 2.19. The van der Waals surface area contributed by atoms with E-state index in [4.69, 9.17) is 0 Å². The number of piperazine rings is 1. The third-order valence-electron chi connectivity index (χ3n) is 4.64. The number of halogens is 1. The standard InChI is InChI=1S/C20H24FN3O3S/c1-15-10-16(2)12-18(11-15)22-20(25)14-23-6-8-24(9-7-23)28(26,27)19-5-3-4-17(21)13-19/h3-5,10-13H,6-9,14H2,1-2H3,(H,22,25). The van der Waals surface area contributed by atoms with Crippen molar-refractivity contribution in [3.63, 3.8) is 0 Å². The molecular weight excluding hydrogens is 381 g/mol. The summed E-state index contributed by atoms with van der Waals surface area (Å²) in [6, 6.07) is 10.9. The van der Waals surface area contributed by atoms with Crippen LogP contribution in [0.25, 0.3) is 0 Å². The van der Waals surface area contributed by atoms with Gasteiger partial charge in [0.15, 0.2) is 0 Å². The molecule has 2 aromatic carbocycles. The van der Waals surface area contributed by atoms with Gasteiger partial charge >= 0.3 is 0 Å². The van der Waals surface area contributed by atoms with Gasteiger partial charge in [-0.15, -0.1) is 0 Å². The summed E-state index contributed by atoms with van der Waals surface area (Å²) in [6.45, 7) is 5.54. The van der Waals surface area contributed by atoms with Crippen LogP contribution in [0.4, 0.5) is 10.1 Å². The molecule has 0 saturated carbocycles. The van der Waals surface area contributed by atoms with Crippen LogP contribution in [-0.2, 0) is 14.8 Å². The van der Waals surface area contributed by atoms with Crippen LogP contribution < -0.4 is 5.32 Å². The average Bonchev–Trinajstić information content (AvgIpc) is 2.61. The zero-order valence-electron chi connectivity index (χ0n) is 16.0. The average molecular weight is 405 g/mol. The van der Waals surface area contributed by atoms with Crippen molar-refractivity contribution >= 4 is 21.6 Å². The highest BCUT2D eigenvalue weighted by Gasteiger charge is 2.29. The maximum absolute atomic E-state index is 13.4. The van der Waals surface area contributed by atoms with Gasteiger partial charge in [0, 0.05) is 31.9 Å². The number of nitrogens with zero attached hydrogens (tertiary/aromatic N) is 2. The Morgan fingerprint density at radius 3 is 2.29 bits per heavy atom. The number of sulfonamides is 1. The predicted octanol–water partition coefficient (Wildman–Crippen LogP) is 2.39. The largest absolute Gasteiger partial charge is 0.325 e. The van der Waals surface area contributed by atoms with Crippen LogP contribution in [0.15, 0.2) is 47.4 Å². The van der Waals surface area contributed by atoms with E-state index >= 15 is 0 Å². The normalized spacial score (nSPS) is 16.1. The van der Waals surface area contributed by atoms with Crippen molar-refractivity contribution in [1.82, 2.24) is 9.21 Å². The summed E-state index contributed by atoms with van der Waals surface area (Å²) in [6.07, 6.45) is 0. The molecule has 6 nitrogen and oxygen atoms in total. The monoisotopic (exact) mass is 405 g/mol. The Hall–Kier alpha value is -2.29. The van der Waals surface area contributed by atoms with E-state index in [-0.39, 0.29) is 30.4 Å². The van der Waals surface area contributed by atoms with Crippen molar-refractivity contribution in [3.05, 3.63) is 59.4 Å². The van der Waals surface area contributed by atoms with Gasteiger partial charge in [-0.3, -0.25) is 9.69 Å². The van der Waals surface area contributed by atoms with E-state index in [0.29, 0.717) is 13.1 Å². The fourth-order valence-corrected chi connectivity index (χ4v) is 4.81. The number of hydrogen-bond acceptors (Lipinski definition) is 4. The van der Waals surface area contributed by atoms with Crippen molar-refractivity contribution in [3.8, 4) is 0 Å². The Kier molecular flexibility index (Phi) is 6.12. The van der Waals surface area contributed by atoms with Gasteiger partial charge in [-0.2, -0.15) is 4.31 Å². The molecule has 28 heavy (non-hydrogen) atoms. The minimum Gasteiger partial charge on any atom is -0.325 e. The molecule has 0 aliphatic carbocycles. The zero-order valence-corrected chi connectivity index (χ0v) is 16.8. The van der Waals surface area contributed by atoms with Crippen LogP contribution in [0.1, 0.15) is 11.1 Å². The first-order chi connectivity index (χ1) is 13.2. The second-order valence-electron chi connectivity index (χ2n) is 7.06. The number of carbonyl (C=O) groups excluding carboxylic acids is 1. The highest BCUT2D eigenvalue weighted by molar-refractivity contribution is 7.89. The van der Waals surface area contributed by atoms with Gasteiger partial charge in [0.25, 0.3) is 0 Å². The molecule has 0 unspecified atom stereocenters. The third-order valence-corrected chi connectivity index (χ3v) is 6.53. The molecule has 1 aliphatic heterocycles. The van der Waals surface area contributed by atoms with Crippen molar-refractivity contribution in [2.24, 2.45) is 0 Å². The maximum atomic E-state index is 13.4. The smallest absolute Gasteiger partial charge is 0.243 e. The van der Waals surface area contributed by atoms with Gasteiger partial charge in [0.2, 0.25) is 15.9 Å². The summed E-state index contributed by atoms with van der Waals surface area (Å²) in [5, 5.41) is 2.89. The third kappa shape index (κ3) is 4.95. The molecule has 0 atom stereocenters. The van der Waals surface area contributed by atoms with E-state index in [1.165, 1.54) is 22.5 Å². The van der Waals surface area contributed by atoms with Crippen molar-refractivity contribution < 1.29 is 17.6 Å². The van der Waals surface area contributed by atoms with Crippen LogP contribution in [-0.4, -0.2) is 56.3 Å². The molecule has 2 aromatic rings. The van der Waals surface area contributed by atoms with Crippen molar-refractivity contribution in [2.75, 3.05) is 38.0 Å². The van der Waals surface area contributed by atoms with E-state index in [1.54, 1.807) is 0 Å². The van der Waals surface area contributed by atoms with E-state index in [9.17, 15) is 17.6 Å². The Morgan fingerprint density at radius 1 is 1.04 bits per heavy atom. The number of carbonyl (C=O) groups is 1. The number of nitrogens with one attached hydrogen (secondary N) is 1. The van der Waals surface area contributed by atoms with E-state index < -0.39 is 15.8 Å². The fraction of sp³-hybridized carbons (Fsp3) is 0.350. The first-order valence-corrected chi connectivity index (χ1v) is 10.5. The number of anilines is 1. The minimum absolute atomic E-state index is 0.0477. The molecule has 0 aromatic heterocycles. The van der Waals surface area contributed by atoms with E-state index in [2.05, 4.69) is 5.32 Å². The van der Waals surface area contributed by atoms with Gasteiger partial charge in [0.1, 0.15) is 5.82 Å². The molecule has 1 saturated heterocycles. The Labute approximate surface area is 165 Å². The second-order valence-corrected chi connectivity index (χ2v) is 9.00. The quantitative estimate of drug-likeness (QED) is 0.829. The fourth-order valence-electron chi connectivity index (χ4n) is 3.35. The lowest BCUT2D eigenvalue weighted by atomic mass is 10.1. The molecule has 1 fully saturated rings. The lowest BCUT2D eigenvalue weighted by Gasteiger charge is -2.33. The van der Waals surface area contributed by atoms with Crippen LogP contribution in [0.3, 0.4) is 0 Å². The summed E-state index contributed by atoms with van der Waals surface area (Å²) in [5.41, 5.74) is 2.91. The van der Waals surface area contributed by atoms with Crippen LogP contribution >= 0.6 is 0 Å². The Morgan fingerprint density at radius 2 is 1.68 bits per heavy atom. The lowest BCUT2D eigenvalue weighted by Crippen LogP contribution is -2.50. The summed E-state index contributed by atoms with van der Waals surface area (Å²) in [4.78, 5) is 14.2. The first-order valence-electron chi connectivity index (χ1n) is 9.10. The zero-order chi connectivity index (χ0) is 20.3. The van der Waals surface area contributed by atoms with Gasteiger partial charge in [-0.05, 0) is 55.3 Å². The number of hydrogen-bond donors (Lipinski definition) is 1. The number of benzene rings is 2. The van der Waals surface area contributed by atoms with Gasteiger partial charge in [-0.25, -0.2) is 12.8 Å². The lowest BCUT2D eigenvalue weighted by molar-refractivity contribution is -0.117. The summed E-state index contributed by atoms with van der Waals surface area (Å²) in [5.74, 6) is -0.714. The number of aryl methyl sites for hydroxylation is 2. The summed E-state index contributed by atoms with van der Waals surface area (Å²) >= 11 is 0. The summed E-state index contributed by atoms with van der Waals surface area (Å²) in [7, 11) is -3.73. The highest BCUT2D eigenvalue weighted by atomic mass is 32.2. The topological polar surface area (TPSA) is 69.7 Å². The molecular formula is C20H24FN3O3S. The molecule has 150 valence electrons. The van der Waals surface area contributed by atoms with Crippen molar-refractivity contribution in [2.45, 2.75) is 18.7 Å². The van der Waals surface area contributed by atoms with Crippen LogP contribution in [0.2, 0.25) is 0 Å². The Balaban J connectivity index is 1.56. The van der Waals surface area contributed by atoms with Crippen LogP contribution in [0, 0.1) is 19.7 Å². The molecule has 0 spiro atoms. The summed E-state index contributed by atoms with van der Waals surface area (Å²) < 4.78 is 40.0. The van der Waals surface area contributed by atoms with Gasteiger partial charge in [-0.1, -0.05) is 12.1 Å². The molecule has 3 rings (SSSR count). The van der Waals surface area contributed by atoms with Gasteiger partial charge < -0.3 is 5.32 Å². The van der Waals surface area contributed by atoms with E-state index in [0.717, 1.165) is 22.9 Å². The molecule has 8 heteroatoms. The number of rotatable bonds is 5. The second kappa shape index (κ2) is 8.38. The molecule has 1 heterocycles. The molecule has 0 radical (unpaired) electrons. The molecule has 1 aliphatic rings. The number of amides is 1. The first kappa shape index (κ1) is 20.4. The maximum Gasteiger partial charge on any atom is 0.243 e.